The molecular formula is B6Ca. The smallest absolute Gasteiger partial charge is 0.364 e. The topological polar surface area (TPSA) is 0 Å². The summed E-state index contributed by atoms with van der Waals surface area (Å²) in [6.07, 6.45) is 6.00. The van der Waals surface area contributed by atoms with E-state index in [-0.39, 0.29) is 37.7 Å². The fourth-order valence-corrected chi connectivity index (χ4v) is 5.80. The van der Waals surface area contributed by atoms with E-state index in [9.17, 15) is 0 Å². The fraction of sp³-hybridized carbons (Fsp3) is 0. The van der Waals surface area contributed by atoms with Crippen molar-refractivity contribution in [2.75, 3.05) is 0 Å². The molecule has 0 atom stereocenters. The van der Waals surface area contributed by atoms with Gasteiger partial charge in [0.1, 0.15) is 0 Å². The van der Waals surface area contributed by atoms with Crippen LogP contribution in [0.3, 0.4) is 0 Å². The van der Waals surface area contributed by atoms with Crippen LogP contribution in [0, 0.1) is 0 Å². The third kappa shape index (κ3) is 0.0990. The van der Waals surface area contributed by atoms with Gasteiger partial charge in [0.2, 0.25) is 0 Å². The molecule has 4 fully saturated rings. The van der Waals surface area contributed by atoms with Crippen molar-refractivity contribution in [3.63, 3.8) is 0 Å². The Morgan fingerprint density at radius 3 is 1.00 bits per heavy atom. The van der Waals surface area contributed by atoms with Crippen molar-refractivity contribution in [1.29, 1.82) is 0 Å². The van der Waals surface area contributed by atoms with Crippen LogP contribution in [-0.2, 0) is 0 Å². The molecule has 0 radical (unpaired) electrons. The van der Waals surface area contributed by atoms with Crippen LogP contribution in [0.1, 0.15) is 0 Å². The molecule has 0 aromatic heterocycles. The Morgan fingerprint density at radius 2 is 1.00 bits per heavy atom. The molecule has 7 heavy (non-hydrogen) atoms. The maximum Gasteiger partial charge on any atom is 2.00 e. The van der Waals surface area contributed by atoms with E-state index in [1.165, 1.54) is 25.5 Å². The van der Waals surface area contributed by atoms with E-state index in [4.69, 9.17) is 0 Å². The van der Waals surface area contributed by atoms with E-state index in [0.717, 1.165) is 0 Å². The van der Waals surface area contributed by atoms with E-state index >= 15 is 0 Å². The second-order valence-corrected chi connectivity index (χ2v) is 4.62. The van der Waals surface area contributed by atoms with Gasteiger partial charge in [0.15, 0.2) is 0 Å². The van der Waals surface area contributed by atoms with Gasteiger partial charge in [-0.1, -0.05) is 0 Å². The van der Waals surface area contributed by atoms with Crippen LogP contribution < -0.4 is 0 Å². The Labute approximate surface area is 73.9 Å². The Morgan fingerprint density at radius 1 is 0.714 bits per heavy atom. The van der Waals surface area contributed by atoms with Crippen LogP contribution in [0.4, 0.5) is 0 Å². The zero-order valence-corrected chi connectivity index (χ0v) is 6.38. The van der Waals surface area contributed by atoms with Gasteiger partial charge < -0.3 is 25.5 Å². The molecule has 0 nitrogen and oxygen atoms in total. The number of hydrogen-bond acceptors (Lipinski definition) is 0. The van der Waals surface area contributed by atoms with Gasteiger partial charge in [-0.3, -0.25) is 11.4 Å². The van der Waals surface area contributed by atoms with E-state index in [0.29, 0.717) is 11.4 Å². The first-order valence-electron chi connectivity index (χ1n) is 3.33. The summed E-state index contributed by atoms with van der Waals surface area (Å²) in [6, 6.07) is 0. The van der Waals surface area contributed by atoms with E-state index in [2.05, 4.69) is 0 Å². The molecule has 0 N–H and O–H groups in total. The standard InChI is InChI=1S/B6.Ca/c1-2-5(1)3-4(5)6(1,2)3;/q-2;+2. The van der Waals surface area contributed by atoms with Crippen molar-refractivity contribution in [2.45, 2.75) is 0 Å². The minimum atomic E-state index is 0. The first-order chi connectivity index (χ1) is 2.98. The van der Waals surface area contributed by atoms with Crippen molar-refractivity contribution < 1.29 is 0 Å². The summed E-state index contributed by atoms with van der Waals surface area (Å²) in [4.78, 5) is 0. The SMILES string of the molecule is B12B3[B-]14B1B4[B-]231.[Ca+2]. The Kier molecular flexibility index (Phi) is 0.274. The van der Waals surface area contributed by atoms with E-state index in [1.54, 1.807) is 0 Å². The van der Waals surface area contributed by atoms with Crippen LogP contribution in [-0.4, -0.2) is 74.7 Å². The van der Waals surface area contributed by atoms with Crippen molar-refractivity contribution in [3.05, 3.63) is 0 Å². The van der Waals surface area contributed by atoms with Crippen LogP contribution in [0.15, 0.2) is 0 Å². The van der Waals surface area contributed by atoms with E-state index in [1.807, 2.05) is 0 Å². The Hall–Kier alpha value is 1.65. The maximum absolute atomic E-state index is 1.50. The van der Waals surface area contributed by atoms with Crippen LogP contribution in [0.5, 0.6) is 0 Å². The fourth-order valence-electron chi connectivity index (χ4n) is 5.80. The van der Waals surface area contributed by atoms with Crippen molar-refractivity contribution in [1.82, 2.24) is 0 Å². The molecular weight excluding hydrogens is 105 g/mol. The van der Waals surface area contributed by atoms with Gasteiger partial charge in [-0.2, -0.15) is 0 Å². The summed E-state index contributed by atoms with van der Waals surface area (Å²) in [5, 5.41) is 0. The molecule has 4 aliphatic rings. The average molecular weight is 105 g/mol. The molecule has 7 heteroatoms. The van der Waals surface area contributed by atoms with Crippen molar-refractivity contribution in [2.24, 2.45) is 0 Å². The minimum Gasteiger partial charge on any atom is -0.364 e. The predicted molar refractivity (Wildman–Crippen MR) is 40.3 cm³/mol. The Balaban J connectivity index is 0.000000200. The third-order valence-electron chi connectivity index (χ3n) is 5.66. The van der Waals surface area contributed by atoms with Gasteiger partial charge in [-0.05, 0) is 0 Å². The molecule has 0 aromatic rings. The molecule has 4 saturated heterocycles. The molecule has 0 aromatic carbocycles. The van der Waals surface area contributed by atoms with Gasteiger partial charge in [0.25, 0.3) is 0 Å². The summed E-state index contributed by atoms with van der Waals surface area (Å²) < 4.78 is 0. The molecule has 0 aliphatic carbocycles. The second-order valence-electron chi connectivity index (χ2n) is 4.62. The maximum atomic E-state index is 1.50. The summed E-state index contributed by atoms with van der Waals surface area (Å²) in [5.41, 5.74) is 1.33. The molecule has 2 spiro atoms. The summed E-state index contributed by atoms with van der Waals surface area (Å²) >= 11 is 0. The number of fused-ring (bicyclic) bond motifs is 10. The molecule has 0 bridgehead atoms. The van der Waals surface area contributed by atoms with Gasteiger partial charge in [0, 0.05) is 0 Å². The first-order valence-corrected chi connectivity index (χ1v) is 3.33. The first kappa shape index (κ1) is 3.73. The second kappa shape index (κ2) is 0.514. The summed E-state index contributed by atoms with van der Waals surface area (Å²) in [7, 11) is 0. The molecule has 0 amide bonds. The van der Waals surface area contributed by atoms with Gasteiger partial charge in [-0.15, -0.1) is 0 Å². The Bertz CT molecular complexity index is 149. The van der Waals surface area contributed by atoms with Crippen LogP contribution in [0.2, 0.25) is 0 Å². The molecule has 4 heterocycles. The third-order valence-corrected chi connectivity index (χ3v) is 5.66. The van der Waals surface area contributed by atoms with Gasteiger partial charge >= 0.3 is 37.7 Å². The normalized spacial score (nSPS) is 48.0. The zero-order valence-electron chi connectivity index (χ0n) is 4.17. The average Bonchev–Trinajstić information content (AvgIpc) is 2.12. The molecule has 4 rings (SSSR count). The molecule has 4 aliphatic heterocycles. The quantitative estimate of drug-likeness (QED) is 0.295. The monoisotopic (exact) mass is 106 g/mol. The van der Waals surface area contributed by atoms with Crippen LogP contribution in [0.25, 0.3) is 0 Å². The summed E-state index contributed by atoms with van der Waals surface area (Å²) in [5.74, 6) is 0. The van der Waals surface area contributed by atoms with Gasteiger partial charge in [0.05, 0.1) is 0 Å². The predicted octanol–water partition coefficient (Wildman–Crippen LogP) is -2.67. The molecule has 0 unspecified atom stereocenters. The molecule has 0 saturated carbocycles. The van der Waals surface area contributed by atoms with Gasteiger partial charge in [-0.25, -0.2) is 0 Å². The van der Waals surface area contributed by atoms with Crippen LogP contribution >= 0.6 is 0 Å². The molecule has 20 valence electrons. The summed E-state index contributed by atoms with van der Waals surface area (Å²) in [6.45, 7) is 0. The van der Waals surface area contributed by atoms with Crippen molar-refractivity contribution >= 4 is 74.7 Å². The van der Waals surface area contributed by atoms with E-state index < -0.39 is 0 Å². The number of rotatable bonds is 0. The minimum absolute atomic E-state index is 0. The zero-order chi connectivity index (χ0) is 3.31. The largest absolute Gasteiger partial charge is 2.00 e. The number of hydrogen-bond donors (Lipinski definition) is 0. The van der Waals surface area contributed by atoms with Crippen molar-refractivity contribution in [3.8, 4) is 0 Å².